The SMILES string of the molecule is CC1CC(N(CNC(=O)N(C)C)C(=O)N(C)C)CC(C)(C)C1. The molecule has 1 N–H and O–H groups in total. The van der Waals surface area contributed by atoms with Gasteiger partial charge in [-0.2, -0.15) is 0 Å². The molecule has 1 rings (SSSR count). The third-order valence-corrected chi connectivity index (χ3v) is 4.24. The van der Waals surface area contributed by atoms with Crippen LogP contribution in [0.2, 0.25) is 0 Å². The van der Waals surface area contributed by atoms with Gasteiger partial charge in [0.05, 0.1) is 6.67 Å². The first kappa shape index (κ1) is 18.6. The maximum atomic E-state index is 12.5. The van der Waals surface area contributed by atoms with E-state index in [0.29, 0.717) is 5.92 Å². The highest BCUT2D eigenvalue weighted by Gasteiger charge is 2.37. The van der Waals surface area contributed by atoms with Crippen molar-refractivity contribution >= 4 is 12.1 Å². The summed E-state index contributed by atoms with van der Waals surface area (Å²) >= 11 is 0. The van der Waals surface area contributed by atoms with Gasteiger partial charge in [0.1, 0.15) is 0 Å². The molecule has 0 aromatic carbocycles. The van der Waals surface area contributed by atoms with Gasteiger partial charge in [-0.3, -0.25) is 0 Å². The molecule has 1 aliphatic carbocycles. The maximum Gasteiger partial charge on any atom is 0.321 e. The summed E-state index contributed by atoms with van der Waals surface area (Å²) in [7, 11) is 6.89. The first-order chi connectivity index (χ1) is 10.0. The molecule has 1 aliphatic rings. The summed E-state index contributed by atoms with van der Waals surface area (Å²) in [6.45, 7) is 7.00. The van der Waals surface area contributed by atoms with Crippen LogP contribution in [0.15, 0.2) is 0 Å². The fourth-order valence-corrected chi connectivity index (χ4v) is 3.45. The number of carbonyl (C=O) groups is 2. The van der Waals surface area contributed by atoms with Crippen molar-refractivity contribution in [3.8, 4) is 0 Å². The van der Waals surface area contributed by atoms with Crippen LogP contribution in [-0.4, -0.2) is 67.7 Å². The average Bonchev–Trinajstić information content (AvgIpc) is 2.35. The topological polar surface area (TPSA) is 55.9 Å². The van der Waals surface area contributed by atoms with E-state index in [-0.39, 0.29) is 30.2 Å². The Bertz CT molecular complexity index is 407. The number of hydrogen-bond donors (Lipinski definition) is 1. The Morgan fingerprint density at radius 1 is 1.09 bits per heavy atom. The zero-order chi connectivity index (χ0) is 17.1. The van der Waals surface area contributed by atoms with Gasteiger partial charge < -0.3 is 20.0 Å². The molecule has 0 aliphatic heterocycles. The third kappa shape index (κ3) is 5.07. The summed E-state index contributed by atoms with van der Waals surface area (Å²) in [4.78, 5) is 29.2. The van der Waals surface area contributed by atoms with E-state index in [1.165, 1.54) is 11.3 Å². The molecule has 1 saturated carbocycles. The quantitative estimate of drug-likeness (QED) is 0.814. The summed E-state index contributed by atoms with van der Waals surface area (Å²) in [6.07, 6.45) is 3.13. The van der Waals surface area contributed by atoms with Gasteiger partial charge in [-0.1, -0.05) is 20.8 Å². The van der Waals surface area contributed by atoms with E-state index < -0.39 is 0 Å². The van der Waals surface area contributed by atoms with Crippen molar-refractivity contribution in [1.29, 1.82) is 0 Å². The molecule has 4 amide bonds. The lowest BCUT2D eigenvalue weighted by molar-refractivity contribution is 0.0708. The Morgan fingerprint density at radius 2 is 1.68 bits per heavy atom. The van der Waals surface area contributed by atoms with Crippen molar-refractivity contribution in [1.82, 2.24) is 20.0 Å². The molecule has 0 radical (unpaired) electrons. The minimum absolute atomic E-state index is 0.0473. The highest BCUT2D eigenvalue weighted by Crippen LogP contribution is 2.40. The van der Waals surface area contributed by atoms with Gasteiger partial charge in [0.2, 0.25) is 0 Å². The largest absolute Gasteiger partial charge is 0.331 e. The Morgan fingerprint density at radius 3 is 2.14 bits per heavy atom. The number of nitrogens with zero attached hydrogens (tertiary/aromatic N) is 3. The standard InChI is InChI=1S/C16H32N4O2/c1-12-8-13(10-16(2,3)9-12)20(15(22)19(6)7)11-17-14(21)18(4)5/h12-13H,8-11H2,1-7H3,(H,17,21). The van der Waals surface area contributed by atoms with Gasteiger partial charge in [-0.05, 0) is 30.6 Å². The first-order valence-electron chi connectivity index (χ1n) is 7.96. The van der Waals surface area contributed by atoms with Crippen LogP contribution in [0.1, 0.15) is 40.0 Å². The summed E-state index contributed by atoms with van der Waals surface area (Å²) < 4.78 is 0. The number of hydrogen-bond acceptors (Lipinski definition) is 2. The predicted molar refractivity (Wildman–Crippen MR) is 88.6 cm³/mol. The molecule has 0 saturated heterocycles. The Hall–Kier alpha value is -1.46. The van der Waals surface area contributed by atoms with Gasteiger partial charge in [-0.15, -0.1) is 0 Å². The lowest BCUT2D eigenvalue weighted by Gasteiger charge is -2.44. The van der Waals surface area contributed by atoms with Gasteiger partial charge in [-0.25, -0.2) is 9.59 Å². The number of nitrogens with one attached hydrogen (secondary N) is 1. The molecule has 0 aromatic rings. The van der Waals surface area contributed by atoms with Crippen LogP contribution in [0.5, 0.6) is 0 Å². The summed E-state index contributed by atoms with van der Waals surface area (Å²) in [6, 6.07) is -0.0651. The monoisotopic (exact) mass is 312 g/mol. The lowest BCUT2D eigenvalue weighted by Crippen LogP contribution is -2.54. The molecule has 6 heteroatoms. The molecule has 22 heavy (non-hydrogen) atoms. The zero-order valence-electron chi connectivity index (χ0n) is 15.1. The fourth-order valence-electron chi connectivity index (χ4n) is 3.45. The normalized spacial score (nSPS) is 23.6. The zero-order valence-corrected chi connectivity index (χ0v) is 15.1. The van der Waals surface area contributed by atoms with E-state index in [9.17, 15) is 9.59 Å². The minimum Gasteiger partial charge on any atom is -0.331 e. The van der Waals surface area contributed by atoms with Crippen LogP contribution in [-0.2, 0) is 0 Å². The van der Waals surface area contributed by atoms with Crippen LogP contribution >= 0.6 is 0 Å². The summed E-state index contributed by atoms with van der Waals surface area (Å²) in [5.74, 6) is 0.579. The number of rotatable bonds is 3. The Balaban J connectivity index is 2.85. The molecule has 2 unspecified atom stereocenters. The molecule has 0 heterocycles. The maximum absolute atomic E-state index is 12.5. The molecule has 128 valence electrons. The van der Waals surface area contributed by atoms with E-state index in [1.807, 2.05) is 0 Å². The van der Waals surface area contributed by atoms with Crippen molar-refractivity contribution in [3.63, 3.8) is 0 Å². The third-order valence-electron chi connectivity index (χ3n) is 4.24. The Kier molecular flexibility index (Phi) is 6.08. The molecule has 0 bridgehead atoms. The van der Waals surface area contributed by atoms with Crippen LogP contribution in [0.4, 0.5) is 9.59 Å². The number of carbonyl (C=O) groups excluding carboxylic acids is 2. The second-order valence-corrected chi connectivity index (χ2v) is 7.75. The van der Waals surface area contributed by atoms with E-state index in [2.05, 4.69) is 26.1 Å². The molecular weight excluding hydrogens is 280 g/mol. The number of amides is 4. The molecule has 2 atom stereocenters. The van der Waals surface area contributed by atoms with Gasteiger partial charge in [0.25, 0.3) is 0 Å². The molecule has 0 aromatic heterocycles. The van der Waals surface area contributed by atoms with Gasteiger partial charge in [0, 0.05) is 34.2 Å². The van der Waals surface area contributed by atoms with Crippen LogP contribution in [0.25, 0.3) is 0 Å². The second kappa shape index (κ2) is 7.20. The highest BCUT2D eigenvalue weighted by atomic mass is 16.2. The predicted octanol–water partition coefficient (Wildman–Crippen LogP) is 2.41. The van der Waals surface area contributed by atoms with E-state index in [1.54, 1.807) is 38.0 Å². The summed E-state index contributed by atoms with van der Waals surface area (Å²) in [5.41, 5.74) is 0.221. The molecule has 1 fully saturated rings. The van der Waals surface area contributed by atoms with Gasteiger partial charge in [0.15, 0.2) is 0 Å². The van der Waals surface area contributed by atoms with Gasteiger partial charge >= 0.3 is 12.1 Å². The van der Waals surface area contributed by atoms with Crippen molar-refractivity contribution in [2.75, 3.05) is 34.9 Å². The highest BCUT2D eigenvalue weighted by molar-refractivity contribution is 5.76. The molecule has 0 spiro atoms. The average molecular weight is 312 g/mol. The minimum atomic E-state index is -0.181. The smallest absolute Gasteiger partial charge is 0.321 e. The van der Waals surface area contributed by atoms with E-state index >= 15 is 0 Å². The van der Waals surface area contributed by atoms with Crippen molar-refractivity contribution in [3.05, 3.63) is 0 Å². The van der Waals surface area contributed by atoms with Crippen molar-refractivity contribution in [2.45, 2.75) is 46.1 Å². The Labute approximate surface area is 134 Å². The molecular formula is C16H32N4O2. The van der Waals surface area contributed by atoms with E-state index in [0.717, 1.165) is 12.8 Å². The van der Waals surface area contributed by atoms with Crippen LogP contribution in [0, 0.1) is 11.3 Å². The van der Waals surface area contributed by atoms with Crippen molar-refractivity contribution in [2.24, 2.45) is 11.3 Å². The van der Waals surface area contributed by atoms with Crippen LogP contribution < -0.4 is 5.32 Å². The second-order valence-electron chi connectivity index (χ2n) is 7.75. The van der Waals surface area contributed by atoms with E-state index in [4.69, 9.17) is 0 Å². The number of urea groups is 2. The summed E-state index contributed by atoms with van der Waals surface area (Å²) in [5, 5.41) is 2.82. The molecule has 6 nitrogen and oxygen atoms in total. The first-order valence-corrected chi connectivity index (χ1v) is 7.96. The fraction of sp³-hybridized carbons (Fsp3) is 0.875. The van der Waals surface area contributed by atoms with Crippen LogP contribution in [0.3, 0.4) is 0 Å². The lowest BCUT2D eigenvalue weighted by atomic mass is 9.70. The van der Waals surface area contributed by atoms with Crippen molar-refractivity contribution < 1.29 is 9.59 Å².